The van der Waals surface area contributed by atoms with Crippen LogP contribution in [0.25, 0.3) is 0 Å². The van der Waals surface area contributed by atoms with Gasteiger partial charge in [0, 0.05) is 23.9 Å². The minimum Gasteiger partial charge on any atom is -0.475 e. The highest BCUT2D eigenvalue weighted by atomic mass is 32.1. The van der Waals surface area contributed by atoms with Gasteiger partial charge in [-0.25, -0.2) is 9.78 Å². The summed E-state index contributed by atoms with van der Waals surface area (Å²) in [6, 6.07) is 10.5. The fourth-order valence-electron chi connectivity index (χ4n) is 3.53. The van der Waals surface area contributed by atoms with E-state index in [-0.39, 0.29) is 18.0 Å². The molecule has 10 heteroatoms. The van der Waals surface area contributed by atoms with E-state index < -0.39 is 12.1 Å². The van der Waals surface area contributed by atoms with Crippen LogP contribution in [-0.2, 0) is 29.0 Å². The summed E-state index contributed by atoms with van der Waals surface area (Å²) >= 11 is 1.85. The Balaban J connectivity index is 0.000000318. The van der Waals surface area contributed by atoms with Gasteiger partial charge in [-0.05, 0) is 31.2 Å². The van der Waals surface area contributed by atoms with Crippen molar-refractivity contribution in [3.8, 4) is 0 Å². The number of fused-ring (bicyclic) bond motifs is 1. The summed E-state index contributed by atoms with van der Waals surface area (Å²) in [6.45, 7) is 0.793. The van der Waals surface area contributed by atoms with Crippen molar-refractivity contribution in [1.82, 2.24) is 15.6 Å². The van der Waals surface area contributed by atoms with E-state index in [1.807, 2.05) is 29.5 Å². The molecule has 2 heterocycles. The normalized spacial score (nSPS) is 20.7. The molecule has 0 radical (unpaired) electrons. The van der Waals surface area contributed by atoms with Crippen molar-refractivity contribution in [1.29, 1.82) is 0 Å². The van der Waals surface area contributed by atoms with Crippen LogP contribution in [0.3, 0.4) is 0 Å². The number of nitrogens with one attached hydrogen (secondary N) is 2. The second kappa shape index (κ2) is 9.57. The molecule has 1 saturated heterocycles. The maximum Gasteiger partial charge on any atom is 0.490 e. The van der Waals surface area contributed by atoms with Crippen molar-refractivity contribution in [3.63, 3.8) is 0 Å². The van der Waals surface area contributed by atoms with Crippen LogP contribution in [0.15, 0.2) is 30.3 Å². The molecule has 1 aliphatic heterocycles. The van der Waals surface area contributed by atoms with Gasteiger partial charge in [-0.1, -0.05) is 30.3 Å². The fraction of sp³-hybridized carbons (Fsp3) is 0.450. The van der Waals surface area contributed by atoms with Crippen molar-refractivity contribution in [3.05, 3.63) is 51.5 Å². The molecule has 1 aromatic carbocycles. The summed E-state index contributed by atoms with van der Waals surface area (Å²) in [5.74, 6) is -2.61. The summed E-state index contributed by atoms with van der Waals surface area (Å²) in [5, 5.41) is 15.1. The van der Waals surface area contributed by atoms with Crippen molar-refractivity contribution in [2.45, 2.75) is 56.9 Å². The molecule has 0 bridgehead atoms. The lowest BCUT2D eigenvalue weighted by atomic mass is 9.92. The molecule has 162 valence electrons. The fourth-order valence-corrected chi connectivity index (χ4v) is 4.64. The number of aromatic nitrogens is 1. The van der Waals surface area contributed by atoms with Gasteiger partial charge in [-0.15, -0.1) is 11.3 Å². The van der Waals surface area contributed by atoms with Crippen molar-refractivity contribution < 1.29 is 27.9 Å². The lowest BCUT2D eigenvalue weighted by molar-refractivity contribution is -0.192. The summed E-state index contributed by atoms with van der Waals surface area (Å²) < 4.78 is 31.7. The van der Waals surface area contributed by atoms with E-state index in [4.69, 9.17) is 14.9 Å². The number of aryl methyl sites for hydroxylation is 2. The number of amides is 1. The molecule has 2 aliphatic rings. The number of piperidine rings is 1. The molecular weight excluding hydrogens is 419 g/mol. The third kappa shape index (κ3) is 5.79. The number of carbonyl (C=O) groups excluding carboxylic acids is 1. The molecule has 1 amide bonds. The van der Waals surface area contributed by atoms with E-state index in [2.05, 4.69) is 22.8 Å². The molecular formula is C20H22F3N3O3S. The first kappa shape index (κ1) is 22.2. The highest BCUT2D eigenvalue weighted by Crippen LogP contribution is 2.28. The number of aliphatic carboxylic acids is 1. The number of rotatable bonds is 4. The zero-order valence-electron chi connectivity index (χ0n) is 16.0. The average Bonchev–Trinajstić information content (AvgIpc) is 3.29. The van der Waals surface area contributed by atoms with Gasteiger partial charge >= 0.3 is 12.1 Å². The Morgan fingerprint density at radius 2 is 1.93 bits per heavy atom. The van der Waals surface area contributed by atoms with E-state index >= 15 is 0 Å². The lowest BCUT2D eigenvalue weighted by Gasteiger charge is -2.33. The monoisotopic (exact) mass is 441 g/mol. The van der Waals surface area contributed by atoms with Crippen LogP contribution in [0, 0.1) is 0 Å². The quantitative estimate of drug-likeness (QED) is 0.677. The number of carboxylic acid groups (broad SMARTS) is 1. The van der Waals surface area contributed by atoms with Crippen LogP contribution in [0.5, 0.6) is 0 Å². The lowest BCUT2D eigenvalue weighted by Crippen LogP contribution is -2.48. The number of thiazole rings is 1. The van der Waals surface area contributed by atoms with Gasteiger partial charge < -0.3 is 15.7 Å². The maximum atomic E-state index is 11.8. The Morgan fingerprint density at radius 1 is 1.23 bits per heavy atom. The molecule has 0 unspecified atom stereocenters. The molecule has 30 heavy (non-hydrogen) atoms. The number of hydrogen-bond acceptors (Lipinski definition) is 5. The molecule has 2 aromatic rings. The Hall–Kier alpha value is -2.46. The maximum absolute atomic E-state index is 11.8. The van der Waals surface area contributed by atoms with Gasteiger partial charge in [-0.2, -0.15) is 13.2 Å². The largest absolute Gasteiger partial charge is 0.490 e. The smallest absolute Gasteiger partial charge is 0.475 e. The van der Waals surface area contributed by atoms with Crippen LogP contribution < -0.4 is 10.6 Å². The predicted molar refractivity (Wildman–Crippen MR) is 105 cm³/mol. The second-order valence-corrected chi connectivity index (χ2v) is 8.28. The van der Waals surface area contributed by atoms with Crippen molar-refractivity contribution in [2.75, 3.05) is 0 Å². The molecule has 0 spiro atoms. The van der Waals surface area contributed by atoms with E-state index in [9.17, 15) is 18.0 Å². The van der Waals surface area contributed by atoms with Crippen molar-refractivity contribution >= 4 is 23.2 Å². The van der Waals surface area contributed by atoms with Gasteiger partial charge in [0.05, 0.1) is 11.7 Å². The van der Waals surface area contributed by atoms with E-state index in [1.54, 1.807) is 0 Å². The summed E-state index contributed by atoms with van der Waals surface area (Å²) in [6.07, 6.45) is -0.0322. The minimum atomic E-state index is -5.08. The highest BCUT2D eigenvalue weighted by molar-refractivity contribution is 7.11. The van der Waals surface area contributed by atoms with Crippen LogP contribution in [0.1, 0.15) is 46.4 Å². The van der Waals surface area contributed by atoms with E-state index in [0.29, 0.717) is 6.42 Å². The van der Waals surface area contributed by atoms with Crippen LogP contribution in [0.4, 0.5) is 13.2 Å². The molecule has 4 rings (SSSR count). The first-order chi connectivity index (χ1) is 14.2. The molecule has 0 saturated carbocycles. The zero-order chi connectivity index (χ0) is 21.7. The summed E-state index contributed by atoms with van der Waals surface area (Å²) in [5.41, 5.74) is 2.48. The number of nitrogens with zero attached hydrogens (tertiary/aromatic N) is 1. The summed E-state index contributed by atoms with van der Waals surface area (Å²) in [7, 11) is 0. The first-order valence-corrected chi connectivity index (χ1v) is 10.4. The van der Waals surface area contributed by atoms with E-state index in [0.717, 1.165) is 19.4 Å². The average molecular weight is 441 g/mol. The Kier molecular flexibility index (Phi) is 7.09. The third-order valence-corrected chi connectivity index (χ3v) is 6.12. The molecule has 3 N–H and O–H groups in total. The third-order valence-electron chi connectivity index (χ3n) is 4.96. The molecule has 6 nitrogen and oxygen atoms in total. The molecule has 1 fully saturated rings. The van der Waals surface area contributed by atoms with Crippen LogP contribution >= 0.6 is 11.3 Å². The Labute approximate surface area is 175 Å². The Morgan fingerprint density at radius 3 is 2.57 bits per heavy atom. The minimum absolute atomic E-state index is 0.0456. The topological polar surface area (TPSA) is 91.3 Å². The van der Waals surface area contributed by atoms with Crippen LogP contribution in [0.2, 0.25) is 0 Å². The zero-order valence-corrected chi connectivity index (χ0v) is 16.9. The molecule has 1 aliphatic carbocycles. The number of benzene rings is 1. The Bertz CT molecular complexity index is 865. The highest BCUT2D eigenvalue weighted by Gasteiger charge is 2.38. The number of halogens is 3. The van der Waals surface area contributed by atoms with Crippen molar-refractivity contribution in [2.24, 2.45) is 0 Å². The molecule has 2 atom stereocenters. The number of carbonyl (C=O) groups is 2. The first-order valence-electron chi connectivity index (χ1n) is 9.59. The van der Waals surface area contributed by atoms with Gasteiger partial charge in [0.1, 0.15) is 5.01 Å². The number of hydrogen-bond donors (Lipinski definition) is 3. The second-order valence-electron chi connectivity index (χ2n) is 7.12. The predicted octanol–water partition coefficient (Wildman–Crippen LogP) is 3.37. The number of alkyl halides is 3. The van der Waals surface area contributed by atoms with Gasteiger partial charge in [0.15, 0.2) is 0 Å². The number of carboxylic acids is 1. The van der Waals surface area contributed by atoms with Gasteiger partial charge in [-0.3, -0.25) is 4.79 Å². The SMILES string of the molecule is O=C(O)C(F)(F)F.O=C1CC[C@@H](NCc2nc3c(s2)CCC3)[C@H](c2ccccc2)N1. The van der Waals surface area contributed by atoms with Gasteiger partial charge in [0.25, 0.3) is 0 Å². The van der Waals surface area contributed by atoms with Crippen LogP contribution in [-0.4, -0.2) is 34.2 Å². The van der Waals surface area contributed by atoms with E-state index in [1.165, 1.54) is 34.0 Å². The standard InChI is InChI=1S/C18H21N3OS.C2HF3O2/c22-16-10-9-14(18(21-16)12-5-2-1-3-6-12)19-11-17-20-13-7-4-8-15(13)23-17;3-2(4,5)1(6)7/h1-3,5-6,14,18-19H,4,7-11H2,(H,21,22);(H,6,7)/t14-,18+;/m1./s1. The summed E-state index contributed by atoms with van der Waals surface area (Å²) in [4.78, 5) is 26.9. The molecule has 1 aromatic heterocycles. The van der Waals surface area contributed by atoms with Gasteiger partial charge in [0.2, 0.25) is 5.91 Å².